The van der Waals surface area contributed by atoms with Crippen LogP contribution in [0.2, 0.25) is 0 Å². The molecule has 2 amide bonds. The molecule has 0 spiro atoms. The Labute approximate surface area is 180 Å². The maximum atomic E-state index is 12.6. The number of H-pyrrole nitrogens is 1. The van der Waals surface area contributed by atoms with Gasteiger partial charge < -0.3 is 14.5 Å². The second kappa shape index (κ2) is 9.03. The Bertz CT molecular complexity index is 909. The van der Waals surface area contributed by atoms with E-state index in [2.05, 4.69) is 4.98 Å². The predicted octanol–water partition coefficient (Wildman–Crippen LogP) is 2.10. The van der Waals surface area contributed by atoms with Crippen LogP contribution < -0.4 is 0 Å². The van der Waals surface area contributed by atoms with E-state index in [0.29, 0.717) is 24.1 Å². The highest BCUT2D eigenvalue weighted by atomic mass is 16.5. The number of amides is 2. The van der Waals surface area contributed by atoms with Crippen LogP contribution in [0.4, 0.5) is 0 Å². The van der Waals surface area contributed by atoms with Crippen molar-refractivity contribution in [2.75, 3.05) is 13.2 Å². The number of rotatable bonds is 7. The van der Waals surface area contributed by atoms with Crippen molar-refractivity contribution in [3.05, 3.63) is 22.5 Å². The summed E-state index contributed by atoms with van der Waals surface area (Å²) >= 11 is 0. The lowest BCUT2D eigenvalue weighted by Gasteiger charge is -2.21. The molecule has 1 saturated carbocycles. The summed E-state index contributed by atoms with van der Waals surface area (Å²) in [5.41, 5.74) is 1.33. The topological polar surface area (TPSA) is 123 Å². The molecule has 9 nitrogen and oxygen atoms in total. The van der Waals surface area contributed by atoms with Gasteiger partial charge in [-0.1, -0.05) is 12.8 Å². The van der Waals surface area contributed by atoms with Crippen LogP contribution in [0.5, 0.6) is 0 Å². The molecule has 2 heterocycles. The predicted molar refractivity (Wildman–Crippen MR) is 108 cm³/mol. The molecule has 3 rings (SSSR count). The highest BCUT2D eigenvalue weighted by Crippen LogP contribution is 2.38. The number of esters is 2. The summed E-state index contributed by atoms with van der Waals surface area (Å²) in [4.78, 5) is 66.3. The summed E-state index contributed by atoms with van der Waals surface area (Å²) < 4.78 is 10.1. The van der Waals surface area contributed by atoms with Gasteiger partial charge in [0.25, 0.3) is 0 Å². The van der Waals surface area contributed by atoms with Gasteiger partial charge in [-0.3, -0.25) is 19.3 Å². The van der Waals surface area contributed by atoms with Crippen molar-refractivity contribution in [3.63, 3.8) is 0 Å². The van der Waals surface area contributed by atoms with Gasteiger partial charge in [-0.15, -0.1) is 0 Å². The summed E-state index contributed by atoms with van der Waals surface area (Å²) in [6, 6.07) is -1.10. The number of hydrogen-bond acceptors (Lipinski definition) is 7. The lowest BCUT2D eigenvalue weighted by molar-refractivity contribution is -0.157. The molecule has 1 saturated heterocycles. The lowest BCUT2D eigenvalue weighted by Crippen LogP contribution is -2.44. The molecule has 2 fully saturated rings. The van der Waals surface area contributed by atoms with Gasteiger partial charge in [0.2, 0.25) is 17.6 Å². The zero-order valence-corrected chi connectivity index (χ0v) is 18.3. The molecular weight excluding hydrogens is 404 g/mol. The van der Waals surface area contributed by atoms with E-state index in [0.717, 1.165) is 17.7 Å². The molecule has 0 aromatic carbocycles. The third-order valence-corrected chi connectivity index (χ3v) is 6.15. The average molecular weight is 432 g/mol. The van der Waals surface area contributed by atoms with Crippen LogP contribution in [0, 0.1) is 25.7 Å². The van der Waals surface area contributed by atoms with E-state index in [-0.39, 0.29) is 41.5 Å². The van der Waals surface area contributed by atoms with Crippen molar-refractivity contribution in [1.29, 1.82) is 0 Å². The average Bonchev–Trinajstić information content (AvgIpc) is 3.18. The molecule has 0 radical (unpaired) electrons. The van der Waals surface area contributed by atoms with Crippen molar-refractivity contribution < 1.29 is 33.4 Å². The van der Waals surface area contributed by atoms with Gasteiger partial charge in [0.15, 0.2) is 6.61 Å². The van der Waals surface area contributed by atoms with Gasteiger partial charge in [-0.05, 0) is 46.1 Å². The van der Waals surface area contributed by atoms with Crippen molar-refractivity contribution in [2.24, 2.45) is 11.8 Å². The summed E-state index contributed by atoms with van der Waals surface area (Å²) in [5.74, 6) is -3.26. The minimum atomic E-state index is -1.10. The molecule has 3 atom stereocenters. The molecule has 1 aromatic heterocycles. The Morgan fingerprint density at radius 1 is 1.06 bits per heavy atom. The molecule has 0 bridgehead atoms. The van der Waals surface area contributed by atoms with Crippen molar-refractivity contribution in [1.82, 2.24) is 9.88 Å². The summed E-state index contributed by atoms with van der Waals surface area (Å²) in [7, 11) is 0. The van der Waals surface area contributed by atoms with Crippen LogP contribution >= 0.6 is 0 Å². The first-order chi connectivity index (χ1) is 14.7. The van der Waals surface area contributed by atoms with E-state index >= 15 is 0 Å². The third kappa shape index (κ3) is 4.13. The van der Waals surface area contributed by atoms with Crippen LogP contribution in [0.3, 0.4) is 0 Å². The van der Waals surface area contributed by atoms with E-state index in [1.807, 2.05) is 0 Å². The molecule has 168 valence electrons. The van der Waals surface area contributed by atoms with Gasteiger partial charge >= 0.3 is 11.9 Å². The standard InChI is InChI=1S/C22H28N2O7/c1-5-30-22(29)17-11(2)18(23-12(17)3)16(25)10-31-21(28)13(4)24-19(26)14-8-6-7-9-15(14)20(24)27/h13-15,23H,5-10H2,1-4H3/t13-,14?,15?/m0/s1. The normalized spacial score (nSPS) is 21.6. The molecule has 9 heteroatoms. The van der Waals surface area contributed by atoms with Crippen LogP contribution in [-0.2, 0) is 23.9 Å². The van der Waals surface area contributed by atoms with E-state index in [9.17, 15) is 24.0 Å². The number of ether oxygens (including phenoxy) is 2. The highest BCUT2D eigenvalue weighted by Gasteiger charge is 2.51. The monoisotopic (exact) mass is 432 g/mol. The zero-order chi connectivity index (χ0) is 22.9. The number of nitrogens with zero attached hydrogens (tertiary/aromatic N) is 1. The van der Waals surface area contributed by atoms with E-state index < -0.39 is 30.4 Å². The molecule has 1 aromatic rings. The number of aromatic nitrogens is 1. The van der Waals surface area contributed by atoms with Crippen molar-refractivity contribution in [2.45, 2.75) is 59.4 Å². The molecular formula is C22H28N2O7. The number of fused-ring (bicyclic) bond motifs is 1. The number of carbonyl (C=O) groups is 5. The first-order valence-electron chi connectivity index (χ1n) is 10.6. The van der Waals surface area contributed by atoms with Crippen LogP contribution in [0.15, 0.2) is 0 Å². The zero-order valence-electron chi connectivity index (χ0n) is 18.3. The Hall–Kier alpha value is -2.97. The van der Waals surface area contributed by atoms with Gasteiger partial charge in [0.1, 0.15) is 6.04 Å². The number of hydrogen-bond donors (Lipinski definition) is 1. The summed E-state index contributed by atoms with van der Waals surface area (Å²) in [5, 5.41) is 0. The number of nitrogens with one attached hydrogen (secondary N) is 1. The smallest absolute Gasteiger partial charge is 0.340 e. The van der Waals surface area contributed by atoms with Gasteiger partial charge in [-0.25, -0.2) is 9.59 Å². The van der Waals surface area contributed by atoms with Crippen LogP contribution in [0.25, 0.3) is 0 Å². The van der Waals surface area contributed by atoms with Crippen LogP contribution in [-0.4, -0.2) is 58.7 Å². The third-order valence-electron chi connectivity index (χ3n) is 6.15. The summed E-state index contributed by atoms with van der Waals surface area (Å²) in [6.07, 6.45) is 3.09. The maximum Gasteiger partial charge on any atom is 0.340 e. The Kier molecular flexibility index (Phi) is 6.62. The highest BCUT2D eigenvalue weighted by molar-refractivity contribution is 6.08. The number of ketones is 1. The van der Waals surface area contributed by atoms with Crippen molar-refractivity contribution >= 4 is 29.5 Å². The first kappa shape index (κ1) is 22.7. The van der Waals surface area contributed by atoms with Crippen molar-refractivity contribution in [3.8, 4) is 0 Å². The van der Waals surface area contributed by atoms with E-state index in [1.165, 1.54) is 6.92 Å². The molecule has 2 unspecified atom stereocenters. The van der Waals surface area contributed by atoms with Crippen LogP contribution in [0.1, 0.15) is 71.6 Å². The molecule has 2 aliphatic rings. The maximum absolute atomic E-state index is 12.6. The SMILES string of the molecule is CCOC(=O)c1c(C)[nH]c(C(=O)COC(=O)[C@H](C)N2C(=O)C3CCCCC3C2=O)c1C. The Morgan fingerprint density at radius 2 is 1.65 bits per heavy atom. The number of carbonyl (C=O) groups excluding carboxylic acids is 5. The summed E-state index contributed by atoms with van der Waals surface area (Å²) in [6.45, 7) is 6.01. The number of imide groups is 1. The minimum Gasteiger partial charge on any atom is -0.462 e. The number of aryl methyl sites for hydroxylation is 1. The fourth-order valence-corrected chi connectivity index (χ4v) is 4.54. The fourth-order valence-electron chi connectivity index (χ4n) is 4.54. The second-order valence-electron chi connectivity index (χ2n) is 8.10. The molecule has 1 N–H and O–H groups in total. The number of Topliss-reactive ketones (excluding diaryl/α,β-unsaturated/α-hetero) is 1. The first-order valence-corrected chi connectivity index (χ1v) is 10.6. The van der Waals surface area contributed by atoms with Gasteiger partial charge in [0.05, 0.1) is 29.7 Å². The number of aromatic amines is 1. The molecule has 1 aliphatic carbocycles. The van der Waals surface area contributed by atoms with E-state index in [1.54, 1.807) is 20.8 Å². The van der Waals surface area contributed by atoms with E-state index in [4.69, 9.17) is 9.47 Å². The van der Waals surface area contributed by atoms with Gasteiger partial charge in [0, 0.05) is 5.69 Å². The molecule has 1 aliphatic heterocycles. The Balaban J connectivity index is 1.65. The number of likely N-dealkylation sites (tertiary alicyclic amines) is 1. The van der Waals surface area contributed by atoms with Gasteiger partial charge in [-0.2, -0.15) is 0 Å². The molecule has 31 heavy (non-hydrogen) atoms. The Morgan fingerprint density at radius 3 is 2.19 bits per heavy atom. The largest absolute Gasteiger partial charge is 0.462 e. The quantitative estimate of drug-likeness (QED) is 0.398. The second-order valence-corrected chi connectivity index (χ2v) is 8.10. The lowest BCUT2D eigenvalue weighted by atomic mass is 9.81. The fraction of sp³-hybridized carbons (Fsp3) is 0.591. The minimum absolute atomic E-state index is 0.153.